The van der Waals surface area contributed by atoms with Gasteiger partial charge in [0.05, 0.1) is 6.61 Å². The quantitative estimate of drug-likeness (QED) is 0.794. The van der Waals surface area contributed by atoms with Gasteiger partial charge >= 0.3 is 0 Å². The molecule has 2 aliphatic rings. The topological polar surface area (TPSA) is 21.3 Å². The van der Waals surface area contributed by atoms with Crippen LogP contribution in [-0.4, -0.2) is 25.8 Å². The molecule has 1 heterocycles. The average Bonchev–Trinajstić information content (AvgIpc) is 2.80. The summed E-state index contributed by atoms with van der Waals surface area (Å²) in [5, 5.41) is 3.75. The van der Waals surface area contributed by atoms with Crippen LogP contribution in [0.4, 0.5) is 0 Å². The Morgan fingerprint density at radius 3 is 2.69 bits per heavy atom. The van der Waals surface area contributed by atoms with Gasteiger partial charge in [0.2, 0.25) is 0 Å². The van der Waals surface area contributed by atoms with E-state index in [4.69, 9.17) is 4.74 Å². The highest BCUT2D eigenvalue weighted by Gasteiger charge is 2.28. The van der Waals surface area contributed by atoms with Gasteiger partial charge in [0.1, 0.15) is 0 Å². The van der Waals surface area contributed by atoms with Crippen molar-refractivity contribution in [1.82, 2.24) is 5.32 Å². The Kier molecular flexibility index (Phi) is 4.26. The lowest BCUT2D eigenvalue weighted by Gasteiger charge is -2.35. The first-order valence-electron chi connectivity index (χ1n) is 7.01. The molecule has 1 N–H and O–H groups in total. The molecule has 0 spiro atoms. The zero-order valence-electron chi connectivity index (χ0n) is 10.9. The molecule has 0 radical (unpaired) electrons. The van der Waals surface area contributed by atoms with Gasteiger partial charge in [0.15, 0.2) is 0 Å². The second-order valence-electron chi connectivity index (χ2n) is 6.16. The molecule has 1 aliphatic carbocycles. The minimum Gasteiger partial charge on any atom is -0.381 e. The maximum absolute atomic E-state index is 5.46. The fraction of sp³-hybridized carbons (Fsp3) is 1.00. The molecule has 1 saturated carbocycles. The zero-order chi connectivity index (χ0) is 11.4. The van der Waals surface area contributed by atoms with Crippen molar-refractivity contribution in [3.8, 4) is 0 Å². The van der Waals surface area contributed by atoms with Gasteiger partial charge in [-0.3, -0.25) is 0 Å². The predicted molar refractivity (Wildman–Crippen MR) is 67.6 cm³/mol. The summed E-state index contributed by atoms with van der Waals surface area (Å²) in [6.07, 6.45) is 8.37. The van der Waals surface area contributed by atoms with Crippen LogP contribution in [0, 0.1) is 11.3 Å². The summed E-state index contributed by atoms with van der Waals surface area (Å²) in [6, 6.07) is 0.626. The molecule has 2 unspecified atom stereocenters. The maximum Gasteiger partial charge on any atom is 0.0509 e. The summed E-state index contributed by atoms with van der Waals surface area (Å²) in [7, 11) is 0. The van der Waals surface area contributed by atoms with Crippen molar-refractivity contribution >= 4 is 0 Å². The maximum atomic E-state index is 5.46. The van der Waals surface area contributed by atoms with Crippen LogP contribution in [-0.2, 0) is 4.74 Å². The molecule has 2 nitrogen and oxygen atoms in total. The molecule has 0 aromatic rings. The van der Waals surface area contributed by atoms with Crippen LogP contribution in [0.2, 0.25) is 0 Å². The van der Waals surface area contributed by atoms with Crippen molar-refractivity contribution < 1.29 is 4.74 Å². The van der Waals surface area contributed by atoms with Crippen LogP contribution in [0.15, 0.2) is 0 Å². The fourth-order valence-corrected chi connectivity index (χ4v) is 3.10. The molecule has 0 amide bonds. The van der Waals surface area contributed by atoms with E-state index in [2.05, 4.69) is 19.2 Å². The Bertz CT molecular complexity index is 205. The number of nitrogens with one attached hydrogen (secondary N) is 1. The molecular weight excluding hydrogens is 198 g/mol. The molecule has 0 aromatic carbocycles. The SMILES string of the molecule is CC(NCC1(C)CCCCC1)C1CCOC1. The third-order valence-electron chi connectivity index (χ3n) is 4.58. The van der Waals surface area contributed by atoms with Crippen LogP contribution >= 0.6 is 0 Å². The lowest BCUT2D eigenvalue weighted by molar-refractivity contribution is 0.166. The van der Waals surface area contributed by atoms with Crippen LogP contribution in [0.1, 0.15) is 52.4 Å². The first-order valence-corrected chi connectivity index (χ1v) is 7.01. The summed E-state index contributed by atoms with van der Waals surface area (Å²) >= 11 is 0. The van der Waals surface area contributed by atoms with E-state index in [0.29, 0.717) is 11.5 Å². The highest BCUT2D eigenvalue weighted by molar-refractivity contribution is 4.83. The van der Waals surface area contributed by atoms with E-state index in [1.54, 1.807) is 0 Å². The first-order chi connectivity index (χ1) is 7.70. The highest BCUT2D eigenvalue weighted by atomic mass is 16.5. The van der Waals surface area contributed by atoms with E-state index in [-0.39, 0.29) is 0 Å². The summed E-state index contributed by atoms with van der Waals surface area (Å²) < 4.78 is 5.46. The van der Waals surface area contributed by atoms with E-state index < -0.39 is 0 Å². The third-order valence-corrected chi connectivity index (χ3v) is 4.58. The van der Waals surface area contributed by atoms with Crippen LogP contribution in [0.3, 0.4) is 0 Å². The summed E-state index contributed by atoms with van der Waals surface area (Å²) in [6.45, 7) is 7.91. The van der Waals surface area contributed by atoms with Crippen molar-refractivity contribution in [1.29, 1.82) is 0 Å². The molecule has 2 atom stereocenters. The van der Waals surface area contributed by atoms with Crippen molar-refractivity contribution in [2.24, 2.45) is 11.3 Å². The average molecular weight is 225 g/mol. The van der Waals surface area contributed by atoms with Gasteiger partial charge in [-0.2, -0.15) is 0 Å². The summed E-state index contributed by atoms with van der Waals surface area (Å²) in [5.41, 5.74) is 0.561. The van der Waals surface area contributed by atoms with E-state index >= 15 is 0 Å². The number of ether oxygens (including phenoxy) is 1. The van der Waals surface area contributed by atoms with Crippen LogP contribution < -0.4 is 5.32 Å². The molecule has 94 valence electrons. The summed E-state index contributed by atoms with van der Waals surface area (Å²) in [5.74, 6) is 0.743. The van der Waals surface area contributed by atoms with Gasteiger partial charge in [-0.1, -0.05) is 26.2 Å². The van der Waals surface area contributed by atoms with Gasteiger partial charge in [-0.05, 0) is 37.5 Å². The standard InChI is InChI=1S/C14H27NO/c1-12(13-6-9-16-10-13)15-11-14(2)7-4-3-5-8-14/h12-13,15H,3-11H2,1-2H3. The number of hydrogen-bond acceptors (Lipinski definition) is 2. The largest absolute Gasteiger partial charge is 0.381 e. The van der Waals surface area contributed by atoms with Crippen LogP contribution in [0.5, 0.6) is 0 Å². The number of rotatable bonds is 4. The van der Waals surface area contributed by atoms with Crippen molar-refractivity contribution in [2.75, 3.05) is 19.8 Å². The van der Waals surface area contributed by atoms with E-state index in [1.807, 2.05) is 0 Å². The van der Waals surface area contributed by atoms with Gasteiger partial charge < -0.3 is 10.1 Å². The van der Waals surface area contributed by atoms with Crippen LogP contribution in [0.25, 0.3) is 0 Å². The molecule has 16 heavy (non-hydrogen) atoms. The lowest BCUT2D eigenvalue weighted by atomic mass is 9.75. The van der Waals surface area contributed by atoms with Gasteiger partial charge in [0, 0.05) is 19.2 Å². The molecule has 0 bridgehead atoms. The number of hydrogen-bond donors (Lipinski definition) is 1. The Balaban J connectivity index is 1.72. The molecule has 1 aliphatic heterocycles. The zero-order valence-corrected chi connectivity index (χ0v) is 10.9. The normalized spacial score (nSPS) is 31.5. The third kappa shape index (κ3) is 3.21. The smallest absolute Gasteiger partial charge is 0.0509 e. The van der Waals surface area contributed by atoms with Gasteiger partial charge in [-0.25, -0.2) is 0 Å². The highest BCUT2D eigenvalue weighted by Crippen LogP contribution is 2.35. The Morgan fingerprint density at radius 2 is 2.06 bits per heavy atom. The summed E-state index contributed by atoms with van der Waals surface area (Å²) in [4.78, 5) is 0. The molecule has 2 fully saturated rings. The molecule has 0 aromatic heterocycles. The monoisotopic (exact) mass is 225 g/mol. The van der Waals surface area contributed by atoms with Crippen molar-refractivity contribution in [3.05, 3.63) is 0 Å². The first kappa shape index (κ1) is 12.4. The van der Waals surface area contributed by atoms with E-state index in [1.165, 1.54) is 45.1 Å². The van der Waals surface area contributed by atoms with Gasteiger partial charge in [-0.15, -0.1) is 0 Å². The van der Waals surface area contributed by atoms with Crippen molar-refractivity contribution in [3.63, 3.8) is 0 Å². The molecule has 2 rings (SSSR count). The minimum atomic E-state index is 0.561. The van der Waals surface area contributed by atoms with Crippen molar-refractivity contribution in [2.45, 2.75) is 58.4 Å². The minimum absolute atomic E-state index is 0.561. The second-order valence-corrected chi connectivity index (χ2v) is 6.16. The predicted octanol–water partition coefficient (Wildman–Crippen LogP) is 2.97. The molecule has 2 heteroatoms. The fourth-order valence-electron chi connectivity index (χ4n) is 3.10. The Labute approximate surface area is 100 Å². The van der Waals surface area contributed by atoms with E-state index in [9.17, 15) is 0 Å². The Morgan fingerprint density at radius 1 is 1.31 bits per heavy atom. The second kappa shape index (κ2) is 5.50. The van der Waals surface area contributed by atoms with E-state index in [0.717, 1.165) is 19.1 Å². The Hall–Kier alpha value is -0.0800. The van der Waals surface area contributed by atoms with Gasteiger partial charge in [0.25, 0.3) is 0 Å². The lowest BCUT2D eigenvalue weighted by Crippen LogP contribution is -2.41. The molecule has 1 saturated heterocycles. The molecular formula is C14H27NO.